The Balaban J connectivity index is 1.50. The summed E-state index contributed by atoms with van der Waals surface area (Å²) in [5.41, 5.74) is 0.823. The predicted molar refractivity (Wildman–Crippen MR) is 92.6 cm³/mol. The van der Waals surface area contributed by atoms with Crippen LogP contribution in [0.5, 0.6) is 0 Å². The predicted octanol–water partition coefficient (Wildman–Crippen LogP) is 1.92. The number of fused-ring (bicyclic) bond motifs is 1. The summed E-state index contributed by atoms with van der Waals surface area (Å²) in [5, 5.41) is 1.89. The summed E-state index contributed by atoms with van der Waals surface area (Å²) < 4.78 is 13.2. The number of aromatic nitrogens is 2. The highest BCUT2D eigenvalue weighted by Crippen LogP contribution is 2.18. The molecule has 0 aliphatic carbocycles. The van der Waals surface area contributed by atoms with Crippen LogP contribution in [0.25, 0.3) is 4.96 Å². The lowest BCUT2D eigenvalue weighted by Gasteiger charge is -2.27. The van der Waals surface area contributed by atoms with Gasteiger partial charge in [-0.25, -0.2) is 4.98 Å². The Hall–Kier alpha value is -1.28. The zero-order valence-electron chi connectivity index (χ0n) is 13.7. The SMILES string of the molecule is O=c1cc(CN(CC2CCCO2)CC2CCCO2)nc2sccn12. The number of nitrogens with zero attached hydrogens (tertiary/aromatic N) is 3. The van der Waals surface area contributed by atoms with Crippen LogP contribution in [0.1, 0.15) is 31.4 Å². The molecule has 4 rings (SSSR count). The maximum atomic E-state index is 12.2. The molecule has 0 radical (unpaired) electrons. The molecule has 0 amide bonds. The molecule has 130 valence electrons. The Morgan fingerprint density at radius 2 is 1.92 bits per heavy atom. The molecule has 2 aliphatic rings. The second kappa shape index (κ2) is 7.31. The monoisotopic (exact) mass is 349 g/mol. The Labute approximate surface area is 145 Å². The molecule has 2 saturated heterocycles. The van der Waals surface area contributed by atoms with Crippen molar-refractivity contribution in [1.29, 1.82) is 0 Å². The van der Waals surface area contributed by atoms with Gasteiger partial charge >= 0.3 is 0 Å². The highest BCUT2D eigenvalue weighted by Gasteiger charge is 2.24. The summed E-state index contributed by atoms with van der Waals surface area (Å²) >= 11 is 1.49. The number of hydrogen-bond acceptors (Lipinski definition) is 6. The first-order chi connectivity index (χ1) is 11.8. The fraction of sp³-hybridized carbons (Fsp3) is 0.647. The van der Waals surface area contributed by atoms with E-state index in [9.17, 15) is 4.79 Å². The second-order valence-electron chi connectivity index (χ2n) is 6.61. The van der Waals surface area contributed by atoms with Gasteiger partial charge in [-0.1, -0.05) is 0 Å². The average Bonchev–Trinajstić information content (AvgIpc) is 3.28. The first kappa shape index (κ1) is 16.2. The van der Waals surface area contributed by atoms with Gasteiger partial charge in [-0.3, -0.25) is 14.1 Å². The summed E-state index contributed by atoms with van der Waals surface area (Å²) in [6.07, 6.45) is 6.86. The van der Waals surface area contributed by atoms with Crippen LogP contribution < -0.4 is 5.56 Å². The standard InChI is InChI=1S/C17H23N3O3S/c21-16-9-13(18-17-20(16)5-8-24-17)10-19(11-14-3-1-6-22-14)12-15-4-2-7-23-15/h5,8-9,14-15H,1-4,6-7,10-12H2. The lowest BCUT2D eigenvalue weighted by atomic mass is 10.2. The van der Waals surface area contributed by atoms with Crippen molar-refractivity contribution in [2.45, 2.75) is 44.4 Å². The maximum absolute atomic E-state index is 12.2. The molecule has 0 spiro atoms. The molecule has 2 atom stereocenters. The van der Waals surface area contributed by atoms with Gasteiger partial charge in [0.25, 0.3) is 5.56 Å². The zero-order valence-corrected chi connectivity index (χ0v) is 14.5. The van der Waals surface area contributed by atoms with Crippen LogP contribution >= 0.6 is 11.3 Å². The fourth-order valence-electron chi connectivity index (χ4n) is 3.55. The van der Waals surface area contributed by atoms with Crippen LogP contribution in [0.15, 0.2) is 22.4 Å². The van der Waals surface area contributed by atoms with Gasteiger partial charge in [0, 0.05) is 50.5 Å². The molecule has 24 heavy (non-hydrogen) atoms. The van der Waals surface area contributed by atoms with E-state index in [-0.39, 0.29) is 17.8 Å². The van der Waals surface area contributed by atoms with Gasteiger partial charge in [-0.15, -0.1) is 11.3 Å². The first-order valence-electron chi connectivity index (χ1n) is 8.69. The summed E-state index contributed by atoms with van der Waals surface area (Å²) in [6.45, 7) is 4.15. The molecule has 2 aliphatic heterocycles. The van der Waals surface area contributed by atoms with Crippen LogP contribution in [0.3, 0.4) is 0 Å². The Bertz CT molecular complexity index is 714. The summed E-state index contributed by atoms with van der Waals surface area (Å²) in [5.74, 6) is 0. The second-order valence-corrected chi connectivity index (χ2v) is 7.48. The highest BCUT2D eigenvalue weighted by molar-refractivity contribution is 7.15. The fourth-order valence-corrected chi connectivity index (χ4v) is 4.29. The summed E-state index contributed by atoms with van der Waals surface area (Å²) in [7, 11) is 0. The minimum absolute atomic E-state index is 0.00886. The molecular weight excluding hydrogens is 326 g/mol. The molecular formula is C17H23N3O3S. The smallest absolute Gasteiger partial charge is 0.258 e. The van der Waals surface area contributed by atoms with Crippen LogP contribution in [0, 0.1) is 0 Å². The topological polar surface area (TPSA) is 56.1 Å². The molecule has 0 saturated carbocycles. The van der Waals surface area contributed by atoms with Gasteiger partial charge in [0.05, 0.1) is 17.9 Å². The van der Waals surface area contributed by atoms with Gasteiger partial charge in [-0.2, -0.15) is 0 Å². The van der Waals surface area contributed by atoms with E-state index in [0.29, 0.717) is 6.54 Å². The van der Waals surface area contributed by atoms with Gasteiger partial charge in [0.15, 0.2) is 4.96 Å². The van der Waals surface area contributed by atoms with Crippen LogP contribution in [-0.2, 0) is 16.0 Å². The third-order valence-electron chi connectivity index (χ3n) is 4.71. The lowest BCUT2D eigenvalue weighted by Crippen LogP contribution is -2.37. The van der Waals surface area contributed by atoms with E-state index in [2.05, 4.69) is 9.88 Å². The van der Waals surface area contributed by atoms with E-state index in [1.165, 1.54) is 11.3 Å². The van der Waals surface area contributed by atoms with Gasteiger partial charge < -0.3 is 9.47 Å². The van der Waals surface area contributed by atoms with Gasteiger partial charge in [0.2, 0.25) is 0 Å². The molecule has 2 unspecified atom stereocenters. The van der Waals surface area contributed by atoms with Crippen molar-refractivity contribution >= 4 is 16.3 Å². The Kier molecular flexibility index (Phi) is 4.93. The van der Waals surface area contributed by atoms with Crippen molar-refractivity contribution in [2.24, 2.45) is 0 Å². The lowest BCUT2D eigenvalue weighted by molar-refractivity contribution is 0.0341. The molecule has 2 aromatic rings. The highest BCUT2D eigenvalue weighted by atomic mass is 32.1. The minimum atomic E-state index is -0.00886. The Morgan fingerprint density at radius 3 is 2.54 bits per heavy atom. The van der Waals surface area contributed by atoms with E-state index in [0.717, 1.165) is 62.6 Å². The maximum Gasteiger partial charge on any atom is 0.258 e. The molecule has 2 aromatic heterocycles. The van der Waals surface area contributed by atoms with E-state index >= 15 is 0 Å². The number of rotatable bonds is 6. The number of ether oxygens (including phenoxy) is 2. The average molecular weight is 349 g/mol. The van der Waals surface area contributed by atoms with Crippen LogP contribution in [0.4, 0.5) is 0 Å². The van der Waals surface area contributed by atoms with E-state index in [4.69, 9.17) is 9.47 Å². The quantitative estimate of drug-likeness (QED) is 0.797. The molecule has 6 nitrogen and oxygen atoms in total. The van der Waals surface area contributed by atoms with Gasteiger partial charge in [-0.05, 0) is 25.7 Å². The number of hydrogen-bond donors (Lipinski definition) is 0. The zero-order chi connectivity index (χ0) is 16.4. The van der Waals surface area contributed by atoms with Crippen molar-refractivity contribution in [2.75, 3.05) is 26.3 Å². The van der Waals surface area contributed by atoms with Crippen molar-refractivity contribution in [3.05, 3.63) is 33.7 Å². The van der Waals surface area contributed by atoms with Gasteiger partial charge in [0.1, 0.15) is 0 Å². The van der Waals surface area contributed by atoms with Crippen LogP contribution in [0.2, 0.25) is 0 Å². The molecule has 0 bridgehead atoms. The van der Waals surface area contributed by atoms with Crippen molar-refractivity contribution < 1.29 is 9.47 Å². The van der Waals surface area contributed by atoms with E-state index < -0.39 is 0 Å². The van der Waals surface area contributed by atoms with E-state index in [1.54, 1.807) is 16.7 Å². The Morgan fingerprint density at radius 1 is 1.21 bits per heavy atom. The van der Waals surface area contributed by atoms with Crippen LogP contribution in [-0.4, -0.2) is 52.8 Å². The minimum Gasteiger partial charge on any atom is -0.377 e. The third kappa shape index (κ3) is 3.69. The largest absolute Gasteiger partial charge is 0.377 e. The molecule has 0 N–H and O–H groups in total. The molecule has 4 heterocycles. The van der Waals surface area contributed by atoms with E-state index in [1.807, 2.05) is 5.38 Å². The van der Waals surface area contributed by atoms with Crippen molar-refractivity contribution in [3.8, 4) is 0 Å². The number of thiazole rings is 1. The molecule has 7 heteroatoms. The van der Waals surface area contributed by atoms with Crippen molar-refractivity contribution in [3.63, 3.8) is 0 Å². The molecule has 0 aromatic carbocycles. The third-order valence-corrected chi connectivity index (χ3v) is 5.47. The summed E-state index contributed by atoms with van der Waals surface area (Å²) in [6, 6.07) is 1.65. The normalized spacial score (nSPS) is 24.4. The first-order valence-corrected chi connectivity index (χ1v) is 9.57. The molecule has 2 fully saturated rings. The summed E-state index contributed by atoms with van der Waals surface area (Å²) in [4.78, 5) is 19.9. The van der Waals surface area contributed by atoms with Crippen molar-refractivity contribution in [1.82, 2.24) is 14.3 Å².